The molecular formula is C11H16N2O3. The summed E-state index contributed by atoms with van der Waals surface area (Å²) >= 11 is 0. The van der Waals surface area contributed by atoms with Gasteiger partial charge in [-0.25, -0.2) is 4.79 Å². The van der Waals surface area contributed by atoms with Crippen LogP contribution in [0.5, 0.6) is 0 Å². The van der Waals surface area contributed by atoms with Crippen LogP contribution in [0, 0.1) is 0 Å². The molecule has 2 N–H and O–H groups in total. The highest BCUT2D eigenvalue weighted by atomic mass is 16.4. The van der Waals surface area contributed by atoms with Crippen LogP contribution < -0.4 is 4.90 Å². The second-order valence-electron chi connectivity index (χ2n) is 3.71. The zero-order valence-electron chi connectivity index (χ0n) is 9.42. The first-order valence-corrected chi connectivity index (χ1v) is 5.12. The van der Waals surface area contributed by atoms with Gasteiger partial charge in [-0.1, -0.05) is 0 Å². The number of rotatable bonds is 5. The van der Waals surface area contributed by atoms with E-state index in [-0.39, 0.29) is 18.2 Å². The number of hydrogen-bond donors (Lipinski definition) is 2. The predicted octanol–water partition coefficient (Wildman–Crippen LogP) is 0.987. The zero-order chi connectivity index (χ0) is 12.1. The molecule has 0 spiro atoms. The number of carbonyl (C=O) groups is 1. The van der Waals surface area contributed by atoms with Crippen LogP contribution in [0.25, 0.3) is 0 Å². The van der Waals surface area contributed by atoms with Gasteiger partial charge in [0.1, 0.15) is 0 Å². The van der Waals surface area contributed by atoms with Crippen LogP contribution in [0.1, 0.15) is 24.2 Å². The first-order valence-electron chi connectivity index (χ1n) is 5.12. The van der Waals surface area contributed by atoms with Crippen LogP contribution in [0.3, 0.4) is 0 Å². The smallest absolute Gasteiger partial charge is 0.337 e. The lowest BCUT2D eigenvalue weighted by Crippen LogP contribution is -2.34. The normalized spacial score (nSPS) is 10.5. The third kappa shape index (κ3) is 2.70. The van der Waals surface area contributed by atoms with Crippen LogP contribution in [0.15, 0.2) is 18.5 Å². The molecule has 5 nitrogen and oxygen atoms in total. The van der Waals surface area contributed by atoms with Crippen molar-refractivity contribution in [3.05, 3.63) is 24.0 Å². The molecule has 0 aliphatic carbocycles. The van der Waals surface area contributed by atoms with Gasteiger partial charge in [-0.05, 0) is 19.9 Å². The fourth-order valence-corrected chi connectivity index (χ4v) is 1.56. The van der Waals surface area contributed by atoms with Crippen LogP contribution >= 0.6 is 0 Å². The first kappa shape index (κ1) is 12.4. The van der Waals surface area contributed by atoms with E-state index in [1.807, 2.05) is 18.7 Å². The van der Waals surface area contributed by atoms with Gasteiger partial charge in [-0.3, -0.25) is 4.98 Å². The Morgan fingerprint density at radius 1 is 1.56 bits per heavy atom. The first-order chi connectivity index (χ1) is 7.57. The number of aliphatic hydroxyl groups is 1. The Labute approximate surface area is 94.4 Å². The van der Waals surface area contributed by atoms with Gasteiger partial charge in [0.15, 0.2) is 0 Å². The molecule has 0 aliphatic rings. The molecule has 0 atom stereocenters. The lowest BCUT2D eigenvalue weighted by molar-refractivity contribution is 0.0697. The topological polar surface area (TPSA) is 73.7 Å². The van der Waals surface area contributed by atoms with Gasteiger partial charge in [0, 0.05) is 18.8 Å². The lowest BCUT2D eigenvalue weighted by Gasteiger charge is -2.28. The molecule has 1 aromatic rings. The number of aromatic nitrogens is 1. The third-order valence-electron chi connectivity index (χ3n) is 2.30. The van der Waals surface area contributed by atoms with E-state index >= 15 is 0 Å². The van der Waals surface area contributed by atoms with Crippen molar-refractivity contribution >= 4 is 11.7 Å². The molecule has 0 unspecified atom stereocenters. The maximum atomic E-state index is 11.0. The van der Waals surface area contributed by atoms with Crippen molar-refractivity contribution in [2.24, 2.45) is 0 Å². The number of pyridine rings is 1. The van der Waals surface area contributed by atoms with Gasteiger partial charge in [-0.15, -0.1) is 0 Å². The maximum absolute atomic E-state index is 11.0. The Hall–Kier alpha value is -1.62. The van der Waals surface area contributed by atoms with E-state index in [9.17, 15) is 4.79 Å². The number of carboxylic acid groups (broad SMARTS) is 1. The summed E-state index contributed by atoms with van der Waals surface area (Å²) < 4.78 is 0. The Balaban J connectivity index is 3.12. The van der Waals surface area contributed by atoms with Crippen LogP contribution in [-0.2, 0) is 0 Å². The van der Waals surface area contributed by atoms with Gasteiger partial charge < -0.3 is 15.1 Å². The van der Waals surface area contributed by atoms with E-state index in [1.54, 1.807) is 0 Å². The number of aromatic carboxylic acids is 1. The van der Waals surface area contributed by atoms with Crippen molar-refractivity contribution in [2.75, 3.05) is 18.1 Å². The summed E-state index contributed by atoms with van der Waals surface area (Å²) in [4.78, 5) is 16.8. The van der Waals surface area contributed by atoms with Crippen molar-refractivity contribution in [1.29, 1.82) is 0 Å². The van der Waals surface area contributed by atoms with Gasteiger partial charge in [0.05, 0.1) is 24.1 Å². The molecule has 1 aromatic heterocycles. The standard InChI is InChI=1S/C11H16N2O3/c1-8(2)13(5-6-14)10-7-12-4-3-9(10)11(15)16/h3-4,7-8,14H,5-6H2,1-2H3,(H,15,16). The summed E-state index contributed by atoms with van der Waals surface area (Å²) in [5.74, 6) is -0.985. The number of aliphatic hydroxyl groups excluding tert-OH is 1. The average molecular weight is 224 g/mol. The molecule has 0 saturated carbocycles. The lowest BCUT2D eigenvalue weighted by atomic mass is 10.2. The van der Waals surface area contributed by atoms with Crippen molar-refractivity contribution in [3.63, 3.8) is 0 Å². The summed E-state index contributed by atoms with van der Waals surface area (Å²) in [6.45, 7) is 4.25. The number of anilines is 1. The molecule has 0 saturated heterocycles. The molecule has 0 bridgehead atoms. The molecule has 0 aromatic carbocycles. The minimum Gasteiger partial charge on any atom is -0.478 e. The molecule has 0 fully saturated rings. The molecule has 1 rings (SSSR count). The fraction of sp³-hybridized carbons (Fsp3) is 0.455. The summed E-state index contributed by atoms with van der Waals surface area (Å²) in [6.07, 6.45) is 2.96. The van der Waals surface area contributed by atoms with E-state index in [1.165, 1.54) is 18.5 Å². The fourth-order valence-electron chi connectivity index (χ4n) is 1.56. The Bertz CT molecular complexity index is 366. The van der Waals surface area contributed by atoms with E-state index < -0.39 is 5.97 Å². The second-order valence-corrected chi connectivity index (χ2v) is 3.71. The summed E-state index contributed by atoms with van der Waals surface area (Å²) in [7, 11) is 0. The minimum atomic E-state index is -0.985. The van der Waals surface area contributed by atoms with Crippen molar-refractivity contribution in [1.82, 2.24) is 4.98 Å². The van der Waals surface area contributed by atoms with Gasteiger partial charge in [0.2, 0.25) is 0 Å². The van der Waals surface area contributed by atoms with Crippen LogP contribution in [0.2, 0.25) is 0 Å². The Morgan fingerprint density at radius 3 is 2.75 bits per heavy atom. The molecular weight excluding hydrogens is 208 g/mol. The molecule has 0 radical (unpaired) electrons. The highest BCUT2D eigenvalue weighted by molar-refractivity contribution is 5.94. The van der Waals surface area contributed by atoms with Crippen molar-refractivity contribution < 1.29 is 15.0 Å². The quantitative estimate of drug-likeness (QED) is 0.780. The number of hydrogen-bond acceptors (Lipinski definition) is 4. The SMILES string of the molecule is CC(C)N(CCO)c1cnccc1C(=O)O. The van der Waals surface area contributed by atoms with Crippen LogP contribution in [0.4, 0.5) is 5.69 Å². The van der Waals surface area contributed by atoms with Crippen molar-refractivity contribution in [2.45, 2.75) is 19.9 Å². The Kier molecular flexibility index (Phi) is 4.25. The summed E-state index contributed by atoms with van der Waals surface area (Å²) in [5, 5.41) is 18.0. The van der Waals surface area contributed by atoms with E-state index in [2.05, 4.69) is 4.98 Å². The zero-order valence-corrected chi connectivity index (χ0v) is 9.42. The second kappa shape index (κ2) is 5.46. The molecule has 16 heavy (non-hydrogen) atoms. The number of nitrogens with zero attached hydrogens (tertiary/aromatic N) is 2. The van der Waals surface area contributed by atoms with E-state index in [0.29, 0.717) is 12.2 Å². The number of carboxylic acids is 1. The van der Waals surface area contributed by atoms with Crippen LogP contribution in [-0.4, -0.2) is 40.4 Å². The maximum Gasteiger partial charge on any atom is 0.337 e. The van der Waals surface area contributed by atoms with E-state index in [4.69, 9.17) is 10.2 Å². The van der Waals surface area contributed by atoms with Gasteiger partial charge in [0.25, 0.3) is 0 Å². The molecule has 88 valence electrons. The van der Waals surface area contributed by atoms with Gasteiger partial charge >= 0.3 is 5.97 Å². The molecule has 5 heteroatoms. The molecule has 0 aliphatic heterocycles. The molecule has 1 heterocycles. The molecule has 0 amide bonds. The highest BCUT2D eigenvalue weighted by Gasteiger charge is 2.17. The average Bonchev–Trinajstić information content (AvgIpc) is 2.25. The summed E-state index contributed by atoms with van der Waals surface area (Å²) in [5.41, 5.74) is 0.746. The minimum absolute atomic E-state index is 0.0217. The summed E-state index contributed by atoms with van der Waals surface area (Å²) in [6, 6.07) is 1.57. The third-order valence-corrected chi connectivity index (χ3v) is 2.30. The van der Waals surface area contributed by atoms with E-state index in [0.717, 1.165) is 0 Å². The monoisotopic (exact) mass is 224 g/mol. The Morgan fingerprint density at radius 2 is 2.25 bits per heavy atom. The van der Waals surface area contributed by atoms with Gasteiger partial charge in [-0.2, -0.15) is 0 Å². The van der Waals surface area contributed by atoms with Crippen molar-refractivity contribution in [3.8, 4) is 0 Å². The largest absolute Gasteiger partial charge is 0.478 e. The highest BCUT2D eigenvalue weighted by Crippen LogP contribution is 2.20. The predicted molar refractivity (Wildman–Crippen MR) is 60.8 cm³/mol.